The Bertz CT molecular complexity index is 318. The SMILES string of the molecule is Bc1ccc(C(=O)CC)c(CC)c1. The van der Waals surface area contributed by atoms with E-state index in [4.69, 9.17) is 0 Å². The summed E-state index contributed by atoms with van der Waals surface area (Å²) in [5.41, 5.74) is 3.30. The van der Waals surface area contributed by atoms with E-state index in [1.54, 1.807) is 0 Å². The molecule has 0 fully saturated rings. The highest BCUT2D eigenvalue weighted by Gasteiger charge is 2.07. The standard InChI is InChI=1S/C11H15BO/c1-3-8-7-9(12)5-6-10(8)11(13)4-2/h5-7H,3-4,12H2,1-2H3. The molecule has 0 N–H and O–H groups in total. The van der Waals surface area contributed by atoms with Gasteiger partial charge in [0.15, 0.2) is 5.78 Å². The van der Waals surface area contributed by atoms with Crippen LogP contribution in [0.15, 0.2) is 18.2 Å². The van der Waals surface area contributed by atoms with E-state index in [0.29, 0.717) is 6.42 Å². The van der Waals surface area contributed by atoms with Gasteiger partial charge in [0, 0.05) is 12.0 Å². The molecule has 0 bridgehead atoms. The first kappa shape index (κ1) is 10.0. The van der Waals surface area contributed by atoms with Gasteiger partial charge in [-0.3, -0.25) is 4.79 Å². The van der Waals surface area contributed by atoms with Crippen LogP contribution in [0.4, 0.5) is 0 Å². The number of hydrogen-bond acceptors (Lipinski definition) is 1. The van der Waals surface area contributed by atoms with Gasteiger partial charge in [-0.2, -0.15) is 0 Å². The lowest BCUT2D eigenvalue weighted by Crippen LogP contribution is -2.09. The van der Waals surface area contributed by atoms with Crippen molar-refractivity contribution in [2.45, 2.75) is 26.7 Å². The van der Waals surface area contributed by atoms with Crippen LogP contribution in [0.25, 0.3) is 0 Å². The molecule has 0 saturated carbocycles. The zero-order chi connectivity index (χ0) is 9.84. The van der Waals surface area contributed by atoms with Gasteiger partial charge in [0.2, 0.25) is 0 Å². The van der Waals surface area contributed by atoms with Crippen molar-refractivity contribution in [2.24, 2.45) is 0 Å². The molecule has 1 aromatic carbocycles. The monoisotopic (exact) mass is 174 g/mol. The van der Waals surface area contributed by atoms with Crippen LogP contribution in [0.5, 0.6) is 0 Å². The van der Waals surface area contributed by atoms with Gasteiger partial charge in [0.1, 0.15) is 7.85 Å². The largest absolute Gasteiger partial charge is 0.294 e. The molecular formula is C11H15BO. The van der Waals surface area contributed by atoms with Crippen LogP contribution in [0.3, 0.4) is 0 Å². The summed E-state index contributed by atoms with van der Waals surface area (Å²) in [7, 11) is 2.05. The van der Waals surface area contributed by atoms with E-state index in [0.717, 1.165) is 12.0 Å². The van der Waals surface area contributed by atoms with Crippen molar-refractivity contribution in [1.82, 2.24) is 0 Å². The summed E-state index contributed by atoms with van der Waals surface area (Å²) < 4.78 is 0. The van der Waals surface area contributed by atoms with Gasteiger partial charge in [0.25, 0.3) is 0 Å². The second-order valence-electron chi connectivity index (χ2n) is 3.29. The van der Waals surface area contributed by atoms with Crippen molar-refractivity contribution in [1.29, 1.82) is 0 Å². The third-order valence-corrected chi connectivity index (χ3v) is 2.26. The Hall–Kier alpha value is -1.05. The normalized spacial score (nSPS) is 10.0. The molecule has 0 aliphatic heterocycles. The van der Waals surface area contributed by atoms with E-state index in [-0.39, 0.29) is 5.78 Å². The topological polar surface area (TPSA) is 17.1 Å². The molecule has 0 aliphatic rings. The highest BCUT2D eigenvalue weighted by Crippen LogP contribution is 2.10. The Balaban J connectivity index is 3.13. The Kier molecular flexibility index (Phi) is 3.29. The van der Waals surface area contributed by atoms with Gasteiger partial charge < -0.3 is 0 Å². The molecule has 0 aromatic heterocycles. The van der Waals surface area contributed by atoms with Gasteiger partial charge in [-0.25, -0.2) is 0 Å². The van der Waals surface area contributed by atoms with Crippen LogP contribution in [-0.4, -0.2) is 13.6 Å². The highest BCUT2D eigenvalue weighted by molar-refractivity contribution is 6.32. The molecule has 68 valence electrons. The molecule has 0 unspecified atom stereocenters. The minimum Gasteiger partial charge on any atom is -0.294 e. The lowest BCUT2D eigenvalue weighted by molar-refractivity contribution is 0.0987. The fourth-order valence-corrected chi connectivity index (χ4v) is 1.48. The maximum absolute atomic E-state index is 11.5. The van der Waals surface area contributed by atoms with Crippen molar-refractivity contribution in [3.05, 3.63) is 29.3 Å². The van der Waals surface area contributed by atoms with E-state index in [2.05, 4.69) is 20.8 Å². The highest BCUT2D eigenvalue weighted by atomic mass is 16.1. The minimum atomic E-state index is 0.247. The first-order valence-electron chi connectivity index (χ1n) is 4.81. The minimum absolute atomic E-state index is 0.247. The van der Waals surface area contributed by atoms with Crippen molar-refractivity contribution in [3.63, 3.8) is 0 Å². The number of ketones is 1. The zero-order valence-electron chi connectivity index (χ0n) is 8.55. The van der Waals surface area contributed by atoms with E-state index >= 15 is 0 Å². The molecule has 2 heteroatoms. The average molecular weight is 174 g/mol. The van der Waals surface area contributed by atoms with Crippen LogP contribution in [0.1, 0.15) is 36.2 Å². The lowest BCUT2D eigenvalue weighted by atomic mass is 9.89. The molecule has 13 heavy (non-hydrogen) atoms. The number of aryl methyl sites for hydroxylation is 1. The van der Waals surface area contributed by atoms with E-state index in [1.807, 2.05) is 19.1 Å². The molecule has 0 aliphatic carbocycles. The summed E-state index contributed by atoms with van der Waals surface area (Å²) >= 11 is 0. The third kappa shape index (κ3) is 2.21. The Morgan fingerprint density at radius 3 is 2.62 bits per heavy atom. The maximum Gasteiger partial charge on any atom is 0.162 e. The van der Waals surface area contributed by atoms with Gasteiger partial charge in [-0.05, 0) is 12.0 Å². The molecule has 0 amide bonds. The summed E-state index contributed by atoms with van der Waals surface area (Å²) in [6.45, 7) is 3.99. The predicted octanol–water partition coefficient (Wildman–Crippen LogP) is 1.10. The Morgan fingerprint density at radius 2 is 2.08 bits per heavy atom. The van der Waals surface area contributed by atoms with Crippen LogP contribution in [-0.2, 0) is 6.42 Å². The van der Waals surface area contributed by atoms with Gasteiger partial charge in [-0.15, -0.1) is 0 Å². The molecule has 0 spiro atoms. The van der Waals surface area contributed by atoms with Crippen molar-refractivity contribution in [2.75, 3.05) is 0 Å². The summed E-state index contributed by atoms with van der Waals surface area (Å²) in [6.07, 6.45) is 1.53. The smallest absolute Gasteiger partial charge is 0.162 e. The quantitative estimate of drug-likeness (QED) is 0.495. The number of benzene rings is 1. The predicted molar refractivity (Wildman–Crippen MR) is 58.6 cm³/mol. The second kappa shape index (κ2) is 4.26. The molecule has 1 nitrogen and oxygen atoms in total. The summed E-state index contributed by atoms with van der Waals surface area (Å²) in [5, 5.41) is 0. The molecule has 0 heterocycles. The number of carbonyl (C=O) groups is 1. The fourth-order valence-electron chi connectivity index (χ4n) is 1.48. The Morgan fingerprint density at radius 1 is 1.38 bits per heavy atom. The van der Waals surface area contributed by atoms with E-state index < -0.39 is 0 Å². The molecular weight excluding hydrogens is 159 g/mol. The second-order valence-corrected chi connectivity index (χ2v) is 3.29. The molecule has 0 atom stereocenters. The lowest BCUT2D eigenvalue weighted by Gasteiger charge is -2.06. The number of hydrogen-bond donors (Lipinski definition) is 0. The number of rotatable bonds is 3. The third-order valence-electron chi connectivity index (χ3n) is 2.26. The molecule has 1 rings (SSSR count). The fraction of sp³-hybridized carbons (Fsp3) is 0.364. The van der Waals surface area contributed by atoms with Gasteiger partial charge in [0.05, 0.1) is 0 Å². The van der Waals surface area contributed by atoms with Crippen LogP contribution < -0.4 is 5.46 Å². The van der Waals surface area contributed by atoms with Crippen molar-refractivity contribution >= 4 is 19.1 Å². The summed E-state index contributed by atoms with van der Waals surface area (Å²) in [4.78, 5) is 11.5. The average Bonchev–Trinajstić information content (AvgIpc) is 2.16. The van der Waals surface area contributed by atoms with Gasteiger partial charge in [-0.1, -0.05) is 37.5 Å². The van der Waals surface area contributed by atoms with Crippen molar-refractivity contribution in [3.8, 4) is 0 Å². The van der Waals surface area contributed by atoms with Crippen LogP contribution >= 0.6 is 0 Å². The summed E-state index contributed by atoms with van der Waals surface area (Å²) in [5.74, 6) is 0.247. The first-order valence-corrected chi connectivity index (χ1v) is 4.81. The van der Waals surface area contributed by atoms with Crippen molar-refractivity contribution < 1.29 is 4.79 Å². The van der Waals surface area contributed by atoms with Gasteiger partial charge >= 0.3 is 0 Å². The van der Waals surface area contributed by atoms with E-state index in [9.17, 15) is 4.79 Å². The number of carbonyl (C=O) groups excluding carboxylic acids is 1. The van der Waals surface area contributed by atoms with E-state index in [1.165, 1.54) is 11.0 Å². The zero-order valence-corrected chi connectivity index (χ0v) is 8.55. The van der Waals surface area contributed by atoms with Crippen LogP contribution in [0.2, 0.25) is 0 Å². The molecule has 0 radical (unpaired) electrons. The maximum atomic E-state index is 11.5. The Labute approximate surface area is 80.6 Å². The summed E-state index contributed by atoms with van der Waals surface area (Å²) in [6, 6.07) is 6.05. The molecule has 0 saturated heterocycles. The molecule has 1 aromatic rings. The van der Waals surface area contributed by atoms with Crippen LogP contribution in [0, 0.1) is 0 Å². The number of Topliss-reactive ketones (excluding diaryl/α,β-unsaturated/α-hetero) is 1. The first-order chi connectivity index (χ1) is 6.19.